The highest BCUT2D eigenvalue weighted by Gasteiger charge is 2.05. The van der Waals surface area contributed by atoms with Gasteiger partial charge in [-0.05, 0) is 12.1 Å². The van der Waals surface area contributed by atoms with Gasteiger partial charge in [0.1, 0.15) is 0 Å². The summed E-state index contributed by atoms with van der Waals surface area (Å²) in [4.78, 5) is 3.72. The van der Waals surface area contributed by atoms with Crippen molar-refractivity contribution in [2.45, 2.75) is 0 Å². The van der Waals surface area contributed by atoms with Crippen LogP contribution >= 0.6 is 0 Å². The number of phenolic OH excluding ortho intramolecular Hbond substituents is 2. The molecule has 54 valence electrons. The summed E-state index contributed by atoms with van der Waals surface area (Å²) in [5.41, 5.74) is 0. The molecular formula is C6H6O4. The van der Waals surface area contributed by atoms with Crippen molar-refractivity contribution in [2.24, 2.45) is 0 Å². The zero-order valence-electron chi connectivity index (χ0n) is 4.98. The Morgan fingerprint density at radius 3 is 2.40 bits per heavy atom. The fourth-order valence-electron chi connectivity index (χ4n) is 0.584. The molecule has 10 heavy (non-hydrogen) atoms. The molecule has 0 saturated carbocycles. The Morgan fingerprint density at radius 1 is 1.20 bits per heavy atom. The van der Waals surface area contributed by atoms with Crippen LogP contribution in [0.2, 0.25) is 0 Å². The number of rotatable bonds is 1. The van der Waals surface area contributed by atoms with Gasteiger partial charge < -0.3 is 15.1 Å². The second kappa shape index (κ2) is 2.45. The predicted octanol–water partition coefficient (Wildman–Crippen LogP) is 0.950. The molecule has 0 bridgehead atoms. The molecule has 0 unspecified atom stereocenters. The van der Waals surface area contributed by atoms with Gasteiger partial charge >= 0.3 is 0 Å². The summed E-state index contributed by atoms with van der Waals surface area (Å²) in [6.07, 6.45) is 0. The maximum Gasteiger partial charge on any atom is 0.210 e. The zero-order chi connectivity index (χ0) is 7.56. The second-order valence-electron chi connectivity index (χ2n) is 1.72. The molecule has 0 aliphatic carbocycles. The van der Waals surface area contributed by atoms with Gasteiger partial charge in [0.05, 0.1) is 0 Å². The van der Waals surface area contributed by atoms with Crippen LogP contribution in [0.1, 0.15) is 0 Å². The highest BCUT2D eigenvalue weighted by molar-refractivity contribution is 5.48. The van der Waals surface area contributed by atoms with Crippen molar-refractivity contribution in [1.29, 1.82) is 0 Å². The van der Waals surface area contributed by atoms with E-state index in [0.29, 0.717) is 0 Å². The second-order valence-corrected chi connectivity index (χ2v) is 1.72. The van der Waals surface area contributed by atoms with Gasteiger partial charge in [-0.3, -0.25) is 0 Å². The van der Waals surface area contributed by atoms with Gasteiger partial charge in [0, 0.05) is 0 Å². The van der Waals surface area contributed by atoms with E-state index in [9.17, 15) is 0 Å². The van der Waals surface area contributed by atoms with E-state index < -0.39 is 5.75 Å². The van der Waals surface area contributed by atoms with E-state index in [-0.39, 0.29) is 11.5 Å². The molecule has 4 nitrogen and oxygen atoms in total. The van der Waals surface area contributed by atoms with Crippen LogP contribution in [0.4, 0.5) is 0 Å². The van der Waals surface area contributed by atoms with Crippen LogP contribution in [-0.2, 0) is 0 Å². The summed E-state index contributed by atoms with van der Waals surface area (Å²) in [6, 6.07) is 4.02. The average molecular weight is 142 g/mol. The van der Waals surface area contributed by atoms with Crippen molar-refractivity contribution in [2.75, 3.05) is 0 Å². The number of phenols is 2. The van der Waals surface area contributed by atoms with E-state index in [0.717, 1.165) is 0 Å². The molecule has 3 N–H and O–H groups in total. The minimum Gasteiger partial charge on any atom is -0.504 e. The summed E-state index contributed by atoms with van der Waals surface area (Å²) in [6.45, 7) is 0. The fraction of sp³-hybridized carbons (Fsp3) is 0. The highest BCUT2D eigenvalue weighted by Crippen LogP contribution is 2.33. The normalized spacial score (nSPS) is 9.30. The third kappa shape index (κ3) is 0.964. The monoisotopic (exact) mass is 142 g/mol. The summed E-state index contributed by atoms with van der Waals surface area (Å²) < 4.78 is 0. The minimum absolute atomic E-state index is 0.167. The van der Waals surface area contributed by atoms with Crippen LogP contribution in [0.5, 0.6) is 17.2 Å². The topological polar surface area (TPSA) is 69.9 Å². The SMILES string of the molecule is OOc1cccc(O)c1O. The summed E-state index contributed by atoms with van der Waals surface area (Å²) in [7, 11) is 0. The molecule has 0 fully saturated rings. The van der Waals surface area contributed by atoms with Crippen molar-refractivity contribution in [3.63, 3.8) is 0 Å². The third-order valence-electron chi connectivity index (χ3n) is 1.08. The first kappa shape index (κ1) is 6.70. The van der Waals surface area contributed by atoms with Crippen molar-refractivity contribution in [1.82, 2.24) is 0 Å². The van der Waals surface area contributed by atoms with Gasteiger partial charge in [0.15, 0.2) is 5.75 Å². The highest BCUT2D eigenvalue weighted by atomic mass is 17.1. The molecule has 4 heteroatoms. The van der Waals surface area contributed by atoms with E-state index in [2.05, 4.69) is 4.89 Å². The quantitative estimate of drug-likeness (QED) is 0.310. The van der Waals surface area contributed by atoms with E-state index in [4.69, 9.17) is 15.5 Å². The van der Waals surface area contributed by atoms with Crippen molar-refractivity contribution in [3.05, 3.63) is 18.2 Å². The van der Waals surface area contributed by atoms with Crippen LogP contribution in [-0.4, -0.2) is 15.5 Å². The molecule has 1 rings (SSSR count). The van der Waals surface area contributed by atoms with Crippen molar-refractivity contribution >= 4 is 0 Å². The van der Waals surface area contributed by atoms with Crippen LogP contribution in [0, 0.1) is 0 Å². The molecule has 0 spiro atoms. The Labute approximate surface area is 56.9 Å². The van der Waals surface area contributed by atoms with E-state index >= 15 is 0 Å². The van der Waals surface area contributed by atoms with E-state index in [1.165, 1.54) is 18.2 Å². The Morgan fingerprint density at radius 2 is 1.90 bits per heavy atom. The zero-order valence-corrected chi connectivity index (χ0v) is 4.98. The lowest BCUT2D eigenvalue weighted by Crippen LogP contribution is -1.83. The Bertz CT molecular complexity index is 233. The Balaban J connectivity index is 3.14. The lowest BCUT2D eigenvalue weighted by molar-refractivity contribution is -0.139. The molecule has 0 radical (unpaired) electrons. The van der Waals surface area contributed by atoms with Gasteiger partial charge in [0.2, 0.25) is 11.5 Å². The van der Waals surface area contributed by atoms with Crippen molar-refractivity contribution < 1.29 is 20.4 Å². The molecule has 0 aliphatic heterocycles. The average Bonchev–Trinajstić information content (AvgIpc) is 1.95. The first-order valence-corrected chi connectivity index (χ1v) is 2.58. The Hall–Kier alpha value is -1.42. The van der Waals surface area contributed by atoms with Crippen molar-refractivity contribution in [3.8, 4) is 17.2 Å². The van der Waals surface area contributed by atoms with Crippen LogP contribution in [0.15, 0.2) is 18.2 Å². The van der Waals surface area contributed by atoms with Gasteiger partial charge in [0.25, 0.3) is 0 Å². The minimum atomic E-state index is -0.468. The molecule has 0 aromatic heterocycles. The van der Waals surface area contributed by atoms with Gasteiger partial charge in [-0.2, -0.15) is 0 Å². The molecule has 1 aromatic carbocycles. The smallest absolute Gasteiger partial charge is 0.210 e. The van der Waals surface area contributed by atoms with Gasteiger partial charge in [-0.25, -0.2) is 5.26 Å². The van der Waals surface area contributed by atoms with Crippen LogP contribution < -0.4 is 4.89 Å². The maximum absolute atomic E-state index is 8.86. The molecule has 0 heterocycles. The van der Waals surface area contributed by atoms with E-state index in [1.807, 2.05) is 0 Å². The lowest BCUT2D eigenvalue weighted by Gasteiger charge is -2.00. The molecule has 0 atom stereocenters. The number of hydrogen-bond acceptors (Lipinski definition) is 4. The van der Waals surface area contributed by atoms with Crippen LogP contribution in [0.25, 0.3) is 0 Å². The molecule has 0 saturated heterocycles. The summed E-state index contributed by atoms with van der Waals surface area (Å²) in [5.74, 6) is -0.962. The Kier molecular flexibility index (Phi) is 1.64. The fourth-order valence-corrected chi connectivity index (χ4v) is 0.584. The standard InChI is InChI=1S/C6H6O4/c7-4-2-1-3-5(10-9)6(4)8/h1-3,7-9H. The van der Waals surface area contributed by atoms with E-state index in [1.54, 1.807) is 0 Å². The molecule has 1 aromatic rings. The lowest BCUT2D eigenvalue weighted by atomic mass is 10.3. The van der Waals surface area contributed by atoms with Crippen LogP contribution in [0.3, 0.4) is 0 Å². The van der Waals surface area contributed by atoms with Gasteiger partial charge in [-0.1, -0.05) is 6.07 Å². The molecule has 0 aliphatic rings. The first-order valence-electron chi connectivity index (χ1n) is 2.58. The molecule has 0 amide bonds. The van der Waals surface area contributed by atoms with Gasteiger partial charge in [-0.15, -0.1) is 0 Å². The predicted molar refractivity (Wildman–Crippen MR) is 33.0 cm³/mol. The largest absolute Gasteiger partial charge is 0.504 e. The number of para-hydroxylation sites is 1. The number of benzene rings is 1. The summed E-state index contributed by atoms with van der Waals surface area (Å²) in [5, 5.41) is 25.7. The number of hydrogen-bond donors (Lipinski definition) is 3. The number of aromatic hydroxyl groups is 2. The first-order chi connectivity index (χ1) is 4.75. The third-order valence-corrected chi connectivity index (χ3v) is 1.08. The maximum atomic E-state index is 8.86. The summed E-state index contributed by atoms with van der Waals surface area (Å²) >= 11 is 0. The molecular weight excluding hydrogens is 136 g/mol.